The van der Waals surface area contributed by atoms with Gasteiger partial charge in [-0.05, 0) is 25.7 Å². The van der Waals surface area contributed by atoms with Gasteiger partial charge in [0.25, 0.3) is 0 Å². The molecule has 0 aliphatic heterocycles. The van der Waals surface area contributed by atoms with Gasteiger partial charge < -0.3 is 20.4 Å². The Balaban J connectivity index is 3.57. The fourth-order valence-corrected chi connectivity index (χ4v) is 3.34. The van der Waals surface area contributed by atoms with Crippen molar-refractivity contribution in [2.45, 2.75) is 38.5 Å². The molecule has 0 bridgehead atoms. The molecular weight excluding hydrogens is 296 g/mol. The fourth-order valence-electron chi connectivity index (χ4n) is 3.34. The lowest BCUT2D eigenvalue weighted by Gasteiger charge is -2.45. The maximum atomic E-state index is 12.4. The van der Waals surface area contributed by atoms with Crippen molar-refractivity contribution in [2.75, 3.05) is 13.2 Å². The molecule has 1 saturated carbocycles. The third kappa shape index (κ3) is 2.52. The average Bonchev–Trinajstić information content (AvgIpc) is 2.46. The first-order valence-corrected chi connectivity index (χ1v) is 7.06. The van der Waals surface area contributed by atoms with Crippen molar-refractivity contribution in [3.63, 3.8) is 0 Å². The van der Waals surface area contributed by atoms with Crippen LogP contribution in [0.1, 0.15) is 38.5 Å². The van der Waals surface area contributed by atoms with Crippen molar-refractivity contribution in [3.8, 4) is 0 Å². The quantitative estimate of drug-likeness (QED) is 0.442. The first-order valence-electron chi connectivity index (χ1n) is 7.06. The zero-order chi connectivity index (χ0) is 17.0. The van der Waals surface area contributed by atoms with Crippen LogP contribution in [0.15, 0.2) is 0 Å². The summed E-state index contributed by atoms with van der Waals surface area (Å²) in [5.74, 6) is -4.96. The highest BCUT2D eigenvalue weighted by atomic mass is 16.4. The van der Waals surface area contributed by atoms with Crippen LogP contribution in [0.25, 0.3) is 0 Å². The van der Waals surface area contributed by atoms with Crippen molar-refractivity contribution < 1.29 is 39.6 Å². The molecule has 8 nitrogen and oxygen atoms in total. The van der Waals surface area contributed by atoms with Crippen molar-refractivity contribution in [3.05, 3.63) is 0 Å². The van der Waals surface area contributed by atoms with Gasteiger partial charge in [0.05, 0.1) is 0 Å². The van der Waals surface area contributed by atoms with Crippen LogP contribution in [-0.2, 0) is 19.2 Å². The van der Waals surface area contributed by atoms with E-state index in [0.29, 0.717) is 0 Å². The molecule has 0 radical (unpaired) electrons. The second-order valence-corrected chi connectivity index (χ2v) is 5.42. The predicted octanol–water partition coefficient (Wildman–Crippen LogP) is -0.395. The zero-order valence-electron chi connectivity index (χ0n) is 12.1. The molecule has 0 spiro atoms. The molecule has 0 saturated heterocycles. The number of aliphatic hydroxyl groups excluding tert-OH is 2. The van der Waals surface area contributed by atoms with Gasteiger partial charge in [0.15, 0.2) is 11.6 Å². The van der Waals surface area contributed by atoms with Crippen molar-refractivity contribution in [2.24, 2.45) is 10.8 Å². The lowest BCUT2D eigenvalue weighted by atomic mass is 9.51. The lowest BCUT2D eigenvalue weighted by Crippen LogP contribution is -2.63. The van der Waals surface area contributed by atoms with E-state index in [9.17, 15) is 29.4 Å². The van der Waals surface area contributed by atoms with E-state index < -0.39 is 60.4 Å². The van der Waals surface area contributed by atoms with Gasteiger partial charge in [-0.3, -0.25) is 19.2 Å². The molecule has 4 N–H and O–H groups in total. The third-order valence-corrected chi connectivity index (χ3v) is 4.41. The maximum Gasteiger partial charge on any atom is 0.318 e. The predicted molar refractivity (Wildman–Crippen MR) is 72.0 cm³/mol. The number of hydrogen-bond donors (Lipinski definition) is 4. The first kappa shape index (κ1) is 18.2. The van der Waals surface area contributed by atoms with Crippen LogP contribution < -0.4 is 0 Å². The molecule has 22 heavy (non-hydrogen) atoms. The standard InChI is InChI=1S/C14H20O8/c15-7-1-5-13(11(19)20)9(17)3-4-10(18)14(13,12(21)22)6-2-8-16/h15-16H,1-8H2,(H,19,20)(H,21,22). The third-order valence-electron chi connectivity index (χ3n) is 4.41. The van der Waals surface area contributed by atoms with Gasteiger partial charge in [-0.2, -0.15) is 0 Å². The highest BCUT2D eigenvalue weighted by Gasteiger charge is 2.70. The molecule has 2 atom stereocenters. The minimum atomic E-state index is -2.40. The van der Waals surface area contributed by atoms with Crippen LogP contribution in [0.3, 0.4) is 0 Å². The minimum Gasteiger partial charge on any atom is -0.480 e. The van der Waals surface area contributed by atoms with Gasteiger partial charge in [0.1, 0.15) is 10.8 Å². The summed E-state index contributed by atoms with van der Waals surface area (Å²) >= 11 is 0. The van der Waals surface area contributed by atoms with Crippen LogP contribution in [0.4, 0.5) is 0 Å². The Kier molecular flexibility index (Phi) is 5.78. The zero-order valence-corrected chi connectivity index (χ0v) is 12.1. The Bertz CT molecular complexity index is 441. The highest BCUT2D eigenvalue weighted by molar-refractivity contribution is 6.20. The van der Waals surface area contributed by atoms with E-state index in [4.69, 9.17) is 10.2 Å². The SMILES string of the molecule is O=C(O)C1(CCCO)C(=O)CCC(=O)C1(CCCO)C(=O)O. The van der Waals surface area contributed by atoms with Gasteiger partial charge in [0.2, 0.25) is 0 Å². The lowest BCUT2D eigenvalue weighted by molar-refractivity contribution is -0.187. The number of aliphatic hydroxyl groups is 2. The second kappa shape index (κ2) is 6.97. The summed E-state index contributed by atoms with van der Waals surface area (Å²) in [6, 6.07) is 0. The summed E-state index contributed by atoms with van der Waals surface area (Å²) in [5, 5.41) is 37.1. The van der Waals surface area contributed by atoms with Crippen LogP contribution in [0.2, 0.25) is 0 Å². The largest absolute Gasteiger partial charge is 0.480 e. The molecule has 0 aromatic carbocycles. The van der Waals surface area contributed by atoms with Crippen LogP contribution in [-0.4, -0.2) is 57.1 Å². The summed E-state index contributed by atoms with van der Waals surface area (Å²) in [6.07, 6.45) is -1.74. The number of carboxylic acids is 2. The van der Waals surface area contributed by atoms with E-state index >= 15 is 0 Å². The molecule has 1 aliphatic carbocycles. The number of ketones is 2. The number of carboxylic acid groups (broad SMARTS) is 2. The molecule has 1 fully saturated rings. The van der Waals surface area contributed by atoms with Crippen molar-refractivity contribution in [1.82, 2.24) is 0 Å². The summed E-state index contributed by atoms with van der Waals surface area (Å²) < 4.78 is 0. The van der Waals surface area contributed by atoms with Gasteiger partial charge in [-0.1, -0.05) is 0 Å². The van der Waals surface area contributed by atoms with E-state index in [0.717, 1.165) is 0 Å². The molecule has 1 rings (SSSR count). The topological polar surface area (TPSA) is 149 Å². The number of hydrogen-bond acceptors (Lipinski definition) is 6. The number of carbonyl (C=O) groups is 4. The Morgan fingerprint density at radius 3 is 1.36 bits per heavy atom. The van der Waals surface area contributed by atoms with Crippen LogP contribution >= 0.6 is 0 Å². The Labute approximate surface area is 126 Å². The van der Waals surface area contributed by atoms with E-state index in [1.165, 1.54) is 0 Å². The summed E-state index contributed by atoms with van der Waals surface area (Å²) in [4.78, 5) is 48.4. The van der Waals surface area contributed by atoms with Crippen molar-refractivity contribution in [1.29, 1.82) is 0 Å². The molecule has 1 aliphatic rings. The molecule has 0 heterocycles. The normalized spacial score (nSPS) is 28.6. The number of Topliss-reactive ketones (excluding diaryl/α,β-unsaturated/α-hetero) is 2. The summed E-state index contributed by atoms with van der Waals surface area (Å²) in [6.45, 7) is -0.849. The highest BCUT2D eigenvalue weighted by Crippen LogP contribution is 2.53. The first-order chi connectivity index (χ1) is 10.3. The number of carbonyl (C=O) groups excluding carboxylic acids is 2. The van der Waals surface area contributed by atoms with Gasteiger partial charge in [-0.25, -0.2) is 0 Å². The molecule has 2 unspecified atom stereocenters. The fraction of sp³-hybridized carbons (Fsp3) is 0.714. The Morgan fingerprint density at radius 2 is 1.14 bits per heavy atom. The van der Waals surface area contributed by atoms with E-state index in [1.54, 1.807) is 0 Å². The summed E-state index contributed by atoms with van der Waals surface area (Å²) in [7, 11) is 0. The average molecular weight is 316 g/mol. The molecular formula is C14H20O8. The monoisotopic (exact) mass is 316 g/mol. The van der Waals surface area contributed by atoms with Crippen LogP contribution in [0.5, 0.6) is 0 Å². The number of aliphatic carboxylic acids is 2. The summed E-state index contributed by atoms with van der Waals surface area (Å²) in [5.41, 5.74) is -4.79. The van der Waals surface area contributed by atoms with Crippen LogP contribution in [0, 0.1) is 10.8 Å². The Morgan fingerprint density at radius 1 is 0.818 bits per heavy atom. The molecule has 0 aromatic rings. The van der Waals surface area contributed by atoms with E-state index in [2.05, 4.69) is 0 Å². The second-order valence-electron chi connectivity index (χ2n) is 5.42. The van der Waals surface area contributed by atoms with Gasteiger partial charge in [0, 0.05) is 26.1 Å². The molecule has 0 amide bonds. The smallest absolute Gasteiger partial charge is 0.318 e. The minimum absolute atomic E-state index is 0.112. The van der Waals surface area contributed by atoms with Gasteiger partial charge in [-0.15, -0.1) is 0 Å². The number of rotatable bonds is 8. The van der Waals surface area contributed by atoms with E-state index in [1.807, 2.05) is 0 Å². The Hall–Kier alpha value is -1.80. The molecule has 124 valence electrons. The van der Waals surface area contributed by atoms with Gasteiger partial charge >= 0.3 is 11.9 Å². The maximum absolute atomic E-state index is 12.4. The molecule has 8 heteroatoms. The molecule has 0 aromatic heterocycles. The van der Waals surface area contributed by atoms with E-state index in [-0.39, 0.29) is 25.7 Å². The van der Waals surface area contributed by atoms with Crippen molar-refractivity contribution >= 4 is 23.5 Å².